The van der Waals surface area contributed by atoms with Crippen LogP contribution in [0.1, 0.15) is 0 Å². The fourth-order valence-electron chi connectivity index (χ4n) is 0. The van der Waals surface area contributed by atoms with Gasteiger partial charge in [-0.15, -0.1) is 0 Å². The second kappa shape index (κ2) is 7.66. The van der Waals surface area contributed by atoms with Crippen LogP contribution in [0.3, 0.4) is 0 Å². The van der Waals surface area contributed by atoms with E-state index in [1.54, 1.807) is 5.43 Å². The fourth-order valence-corrected chi connectivity index (χ4v) is 0. The number of nitrogens with two attached hydrogens (primary N) is 2. The highest BCUT2D eigenvalue weighted by atomic mass is 32.1. The Bertz CT molecular complexity index is 139. The first kappa shape index (κ1) is 13.2. The number of hydrazine groups is 2. The minimum absolute atomic E-state index is 0.435. The molecule has 0 saturated carbocycles. The number of hydrogen-bond acceptors (Lipinski definition) is 4. The molecule has 0 aliphatic rings. The summed E-state index contributed by atoms with van der Waals surface area (Å²) in [6, 6.07) is 0. The van der Waals surface area contributed by atoms with E-state index in [1.165, 1.54) is 7.05 Å². The lowest BCUT2D eigenvalue weighted by Gasteiger charge is -2.00. The van der Waals surface area contributed by atoms with Gasteiger partial charge in [-0.1, -0.05) is 25.3 Å². The summed E-state index contributed by atoms with van der Waals surface area (Å²) in [5.41, 5.74) is 1.75. The van der Waals surface area contributed by atoms with Gasteiger partial charge in [-0.2, -0.15) is 0 Å². The average Bonchev–Trinajstić information content (AvgIpc) is 1.89. The van der Waals surface area contributed by atoms with Crippen LogP contribution in [0.2, 0.25) is 0 Å². The minimum Gasteiger partial charge on any atom is -0.285 e. The Morgan fingerprint density at radius 3 is 1.64 bits per heavy atom. The maximum atomic E-state index is 9.81. The zero-order valence-electron chi connectivity index (χ0n) is 5.81. The average molecular weight is 198 g/mol. The van der Waals surface area contributed by atoms with E-state index in [0.29, 0.717) is 0 Å². The molecule has 0 aliphatic carbocycles. The van der Waals surface area contributed by atoms with E-state index in [0.717, 1.165) is 5.01 Å². The second-order valence-electron chi connectivity index (χ2n) is 1.34. The number of thiol groups is 2. The van der Waals surface area contributed by atoms with E-state index in [9.17, 15) is 9.59 Å². The Balaban J connectivity index is 0. The molecule has 0 atom stereocenters. The van der Waals surface area contributed by atoms with Gasteiger partial charge in [0.15, 0.2) is 0 Å². The van der Waals surface area contributed by atoms with Gasteiger partial charge in [-0.3, -0.25) is 20.0 Å². The fraction of sp³-hybridized carbons (Fsp3) is 0.333. The van der Waals surface area contributed by atoms with Crippen molar-refractivity contribution in [1.82, 2.24) is 10.4 Å². The summed E-state index contributed by atoms with van der Waals surface area (Å²) in [5.74, 6) is 9.34. The Labute approximate surface area is 75.0 Å². The molecule has 0 spiro atoms. The zero-order chi connectivity index (χ0) is 9.44. The lowest BCUT2D eigenvalue weighted by Crippen LogP contribution is -2.27. The van der Waals surface area contributed by atoms with E-state index < -0.39 is 10.5 Å². The summed E-state index contributed by atoms with van der Waals surface area (Å²) in [4.78, 5) is 19.2. The Morgan fingerprint density at radius 2 is 1.64 bits per heavy atom. The third kappa shape index (κ3) is 17.7. The van der Waals surface area contributed by atoms with Crippen LogP contribution in [0.4, 0.5) is 9.59 Å². The monoisotopic (exact) mass is 198 g/mol. The number of hydrogen-bond donors (Lipinski definition) is 5. The molecule has 5 N–H and O–H groups in total. The third-order valence-electron chi connectivity index (χ3n) is 0.425. The van der Waals surface area contributed by atoms with Gasteiger partial charge in [-0.25, -0.2) is 11.7 Å². The maximum absolute atomic E-state index is 9.81. The van der Waals surface area contributed by atoms with Crippen molar-refractivity contribution >= 4 is 35.7 Å². The topological polar surface area (TPSA) is 101 Å². The molecule has 0 fully saturated rings. The molecule has 0 aromatic carbocycles. The van der Waals surface area contributed by atoms with Crippen LogP contribution in [0.25, 0.3) is 0 Å². The molecule has 0 unspecified atom stereocenters. The van der Waals surface area contributed by atoms with E-state index in [-0.39, 0.29) is 0 Å². The quantitative estimate of drug-likeness (QED) is 0.154. The molecule has 0 heterocycles. The summed E-state index contributed by atoms with van der Waals surface area (Å²) in [5, 5.41) is -0.0664. The molecule has 0 aromatic heterocycles. The summed E-state index contributed by atoms with van der Waals surface area (Å²) < 4.78 is 0. The van der Waals surface area contributed by atoms with E-state index in [2.05, 4.69) is 31.1 Å². The van der Waals surface area contributed by atoms with Gasteiger partial charge in [0.1, 0.15) is 0 Å². The van der Waals surface area contributed by atoms with Crippen molar-refractivity contribution in [2.75, 3.05) is 7.05 Å². The van der Waals surface area contributed by atoms with E-state index in [1.807, 2.05) is 0 Å². The SMILES string of the molecule is CN(N)C(=O)S.NNC(=O)S. The van der Waals surface area contributed by atoms with Crippen molar-refractivity contribution in [3.8, 4) is 0 Å². The van der Waals surface area contributed by atoms with Crippen LogP contribution in [-0.4, -0.2) is 22.5 Å². The third-order valence-corrected chi connectivity index (χ3v) is 0.870. The number of nitrogens with one attached hydrogen (secondary N) is 1. The first-order valence-corrected chi connectivity index (χ1v) is 3.22. The molecule has 66 valence electrons. The van der Waals surface area contributed by atoms with Crippen molar-refractivity contribution in [3.63, 3.8) is 0 Å². The summed E-state index contributed by atoms with van der Waals surface area (Å²) in [6.45, 7) is 0. The van der Waals surface area contributed by atoms with Crippen LogP contribution in [0.5, 0.6) is 0 Å². The molecule has 8 heteroatoms. The lowest BCUT2D eigenvalue weighted by atomic mass is 11.1. The largest absolute Gasteiger partial charge is 0.292 e. The number of rotatable bonds is 0. The standard InChI is InChI=1S/C2H6N2OS.CH4N2OS/c1-4(3)2(5)6;2-3-1(4)5/h3H2,1H3,(H,5,6);2H2,(H2,3,4,5). The van der Waals surface area contributed by atoms with Gasteiger partial charge in [0, 0.05) is 7.05 Å². The van der Waals surface area contributed by atoms with Gasteiger partial charge in [0.2, 0.25) is 0 Å². The zero-order valence-corrected chi connectivity index (χ0v) is 7.60. The molecule has 0 radical (unpaired) electrons. The maximum Gasteiger partial charge on any atom is 0.292 e. The van der Waals surface area contributed by atoms with Gasteiger partial charge in [0.25, 0.3) is 10.5 Å². The highest BCUT2D eigenvalue weighted by Gasteiger charge is 1.89. The predicted molar refractivity (Wildman–Crippen MR) is 48.0 cm³/mol. The van der Waals surface area contributed by atoms with Crippen molar-refractivity contribution in [2.45, 2.75) is 0 Å². The highest BCUT2D eigenvalue weighted by molar-refractivity contribution is 7.96. The molecule has 2 amide bonds. The Kier molecular flexibility index (Phi) is 9.18. The molecule has 0 saturated heterocycles. The van der Waals surface area contributed by atoms with Gasteiger partial charge < -0.3 is 0 Å². The van der Waals surface area contributed by atoms with Crippen LogP contribution in [-0.2, 0) is 0 Å². The molecule has 0 bridgehead atoms. The number of carbonyl (C=O) groups is 2. The number of carbonyl (C=O) groups excluding carboxylic acids is 2. The summed E-state index contributed by atoms with van der Waals surface area (Å²) in [7, 11) is 1.43. The van der Waals surface area contributed by atoms with Crippen molar-refractivity contribution in [2.24, 2.45) is 11.7 Å². The van der Waals surface area contributed by atoms with E-state index in [4.69, 9.17) is 5.84 Å². The van der Waals surface area contributed by atoms with Crippen molar-refractivity contribution < 1.29 is 9.59 Å². The first-order valence-electron chi connectivity index (χ1n) is 2.32. The van der Waals surface area contributed by atoms with Crippen LogP contribution in [0, 0.1) is 0 Å². The first-order chi connectivity index (χ1) is 4.91. The number of nitrogens with zero attached hydrogens (tertiary/aromatic N) is 1. The van der Waals surface area contributed by atoms with Crippen LogP contribution < -0.4 is 17.1 Å². The Hall–Kier alpha value is -0.440. The minimum atomic E-state index is -0.523. The molecule has 0 rings (SSSR count). The molecular formula is C3H10N4O2S2. The second-order valence-corrected chi connectivity index (χ2v) is 2.13. The van der Waals surface area contributed by atoms with E-state index >= 15 is 0 Å². The normalized spacial score (nSPS) is 7.36. The molecule has 11 heavy (non-hydrogen) atoms. The number of amides is 2. The highest BCUT2D eigenvalue weighted by Crippen LogP contribution is 1.79. The summed E-state index contributed by atoms with van der Waals surface area (Å²) >= 11 is 6.58. The lowest BCUT2D eigenvalue weighted by molar-refractivity contribution is 0.235. The molecular weight excluding hydrogens is 188 g/mol. The van der Waals surface area contributed by atoms with Gasteiger partial charge in [0.05, 0.1) is 0 Å². The van der Waals surface area contributed by atoms with Crippen LogP contribution >= 0.6 is 25.3 Å². The van der Waals surface area contributed by atoms with Crippen molar-refractivity contribution in [3.05, 3.63) is 0 Å². The Morgan fingerprint density at radius 1 is 1.45 bits per heavy atom. The smallest absolute Gasteiger partial charge is 0.285 e. The molecule has 6 nitrogen and oxygen atoms in total. The van der Waals surface area contributed by atoms with Gasteiger partial charge >= 0.3 is 0 Å². The van der Waals surface area contributed by atoms with Gasteiger partial charge in [-0.05, 0) is 0 Å². The molecule has 0 aromatic rings. The molecule has 0 aliphatic heterocycles. The van der Waals surface area contributed by atoms with Crippen molar-refractivity contribution in [1.29, 1.82) is 0 Å². The van der Waals surface area contributed by atoms with Crippen LogP contribution in [0.15, 0.2) is 0 Å². The predicted octanol–water partition coefficient (Wildman–Crippen LogP) is -0.659. The summed E-state index contributed by atoms with van der Waals surface area (Å²) in [6.07, 6.45) is 0.